The number of aromatic hydroxyl groups is 1. The highest BCUT2D eigenvalue weighted by atomic mass is 19.1. The predicted octanol–water partition coefficient (Wildman–Crippen LogP) is 3.64. The minimum atomic E-state index is -0.909. The van der Waals surface area contributed by atoms with Crippen molar-refractivity contribution in [1.29, 1.82) is 0 Å². The van der Waals surface area contributed by atoms with Gasteiger partial charge in [-0.1, -0.05) is 18.2 Å². The number of rotatable bonds is 8. The van der Waals surface area contributed by atoms with Gasteiger partial charge in [-0.3, -0.25) is 14.9 Å². The molecule has 7 nitrogen and oxygen atoms in total. The topological polar surface area (TPSA) is 98.9 Å². The molecule has 0 bridgehead atoms. The zero-order valence-corrected chi connectivity index (χ0v) is 14.6. The summed E-state index contributed by atoms with van der Waals surface area (Å²) in [6, 6.07) is 8.37. The molecule has 0 aliphatic carbocycles. The average molecular weight is 375 g/mol. The lowest BCUT2D eigenvalue weighted by Gasteiger charge is -2.06. The van der Waals surface area contributed by atoms with Gasteiger partial charge in [0, 0.05) is 12.5 Å². The number of ether oxygens (including phenoxy) is 2. The number of aryl methyl sites for hydroxylation is 1. The number of hydrogen-bond donors (Lipinski definition) is 1. The molecule has 0 atom stereocenters. The lowest BCUT2D eigenvalue weighted by Crippen LogP contribution is -2.05. The van der Waals surface area contributed by atoms with Crippen LogP contribution in [0.2, 0.25) is 0 Å². The van der Waals surface area contributed by atoms with Crippen molar-refractivity contribution in [3.05, 3.63) is 69.5 Å². The van der Waals surface area contributed by atoms with Crippen molar-refractivity contribution in [3.63, 3.8) is 0 Å². The van der Waals surface area contributed by atoms with Gasteiger partial charge < -0.3 is 14.6 Å². The number of nitro benzene ring substituents is 1. The molecule has 2 rings (SSSR count). The number of hydrogen-bond acceptors (Lipinski definition) is 6. The fourth-order valence-electron chi connectivity index (χ4n) is 2.31. The first-order valence-corrected chi connectivity index (χ1v) is 8.02. The van der Waals surface area contributed by atoms with Gasteiger partial charge in [0.15, 0.2) is 11.5 Å². The molecular weight excluding hydrogens is 357 g/mol. The number of esters is 1. The van der Waals surface area contributed by atoms with E-state index in [1.54, 1.807) is 12.1 Å². The first-order chi connectivity index (χ1) is 12.9. The van der Waals surface area contributed by atoms with E-state index in [1.807, 2.05) is 0 Å². The Balaban J connectivity index is 1.80. The first kappa shape index (κ1) is 19.9. The molecule has 0 spiro atoms. The molecule has 0 fully saturated rings. The van der Waals surface area contributed by atoms with Crippen LogP contribution in [0.25, 0.3) is 6.08 Å². The Kier molecular flexibility index (Phi) is 6.87. The van der Waals surface area contributed by atoms with Gasteiger partial charge in [0.1, 0.15) is 6.61 Å². The van der Waals surface area contributed by atoms with Gasteiger partial charge in [-0.05, 0) is 41.8 Å². The minimum Gasteiger partial charge on any atom is -0.504 e. The van der Waals surface area contributed by atoms with Crippen molar-refractivity contribution in [2.75, 3.05) is 13.7 Å². The Morgan fingerprint density at radius 1 is 1.30 bits per heavy atom. The maximum absolute atomic E-state index is 13.2. The monoisotopic (exact) mass is 375 g/mol. The summed E-state index contributed by atoms with van der Waals surface area (Å²) in [6.07, 6.45) is 3.53. The third-order valence-corrected chi connectivity index (χ3v) is 3.68. The Bertz CT molecular complexity index is 865. The van der Waals surface area contributed by atoms with Crippen molar-refractivity contribution in [2.24, 2.45) is 0 Å². The maximum atomic E-state index is 13.2. The number of carbonyl (C=O) groups is 1. The average Bonchev–Trinajstić information content (AvgIpc) is 2.64. The van der Waals surface area contributed by atoms with Crippen LogP contribution in [-0.4, -0.2) is 29.7 Å². The molecule has 2 aromatic carbocycles. The number of carbonyl (C=O) groups excluding carboxylic acids is 1. The molecule has 1 N–H and O–H groups in total. The highest BCUT2D eigenvalue weighted by molar-refractivity contribution is 5.70. The van der Waals surface area contributed by atoms with Gasteiger partial charge >= 0.3 is 11.7 Å². The van der Waals surface area contributed by atoms with E-state index < -0.39 is 22.4 Å². The number of phenols is 1. The van der Waals surface area contributed by atoms with E-state index in [-0.39, 0.29) is 18.8 Å². The van der Waals surface area contributed by atoms with Gasteiger partial charge in [-0.25, -0.2) is 0 Å². The van der Waals surface area contributed by atoms with Crippen molar-refractivity contribution in [1.82, 2.24) is 0 Å². The standard InChI is InChI=1S/C19H18FNO6/c1-26-18-8-5-14(12-17(18)22)6-9-19(23)27-10-2-3-13-4-7-15(20)16(11-13)21(24)25/h2-5,7-8,11-12,22H,6,9-10H2,1H3/b3-2-. The van der Waals surface area contributed by atoms with E-state index in [0.29, 0.717) is 17.7 Å². The Morgan fingerprint density at radius 3 is 2.74 bits per heavy atom. The number of nitrogens with zero attached hydrogens (tertiary/aromatic N) is 1. The number of benzene rings is 2. The van der Waals surface area contributed by atoms with E-state index >= 15 is 0 Å². The zero-order chi connectivity index (χ0) is 19.8. The predicted molar refractivity (Wildman–Crippen MR) is 96.0 cm³/mol. The van der Waals surface area contributed by atoms with E-state index in [1.165, 1.54) is 31.4 Å². The first-order valence-electron chi connectivity index (χ1n) is 8.02. The summed E-state index contributed by atoms with van der Waals surface area (Å²) < 4.78 is 23.2. The summed E-state index contributed by atoms with van der Waals surface area (Å²) >= 11 is 0. The summed E-state index contributed by atoms with van der Waals surface area (Å²) in [5.74, 6) is -0.986. The third kappa shape index (κ3) is 5.81. The number of phenolic OH excluding ortho intramolecular Hbond substituents is 1. The Labute approximate surface area is 154 Å². The fourth-order valence-corrected chi connectivity index (χ4v) is 2.31. The van der Waals surface area contributed by atoms with Gasteiger partial charge in [0.2, 0.25) is 5.82 Å². The molecular formula is C19H18FNO6. The van der Waals surface area contributed by atoms with Crippen LogP contribution in [0, 0.1) is 15.9 Å². The molecule has 0 unspecified atom stereocenters. The van der Waals surface area contributed by atoms with Crippen molar-refractivity contribution in [3.8, 4) is 11.5 Å². The zero-order valence-electron chi connectivity index (χ0n) is 14.6. The molecule has 0 saturated carbocycles. The van der Waals surface area contributed by atoms with Gasteiger partial charge in [0.25, 0.3) is 0 Å². The molecule has 0 aromatic heterocycles. The normalized spacial score (nSPS) is 10.7. The molecule has 27 heavy (non-hydrogen) atoms. The van der Waals surface area contributed by atoms with Crippen LogP contribution in [0.4, 0.5) is 10.1 Å². The van der Waals surface area contributed by atoms with Crippen LogP contribution in [0.15, 0.2) is 42.5 Å². The highest BCUT2D eigenvalue weighted by Gasteiger charge is 2.13. The summed E-state index contributed by atoms with van der Waals surface area (Å²) in [5, 5.41) is 20.4. The van der Waals surface area contributed by atoms with Crippen LogP contribution in [0.3, 0.4) is 0 Å². The third-order valence-electron chi connectivity index (χ3n) is 3.68. The van der Waals surface area contributed by atoms with Gasteiger partial charge in [0.05, 0.1) is 12.0 Å². The molecule has 0 amide bonds. The Morgan fingerprint density at radius 2 is 2.07 bits per heavy atom. The van der Waals surface area contributed by atoms with Crippen LogP contribution < -0.4 is 4.74 Å². The molecule has 0 aliphatic rings. The number of nitro groups is 1. The second-order valence-corrected chi connectivity index (χ2v) is 5.56. The van der Waals surface area contributed by atoms with E-state index in [0.717, 1.165) is 17.7 Å². The van der Waals surface area contributed by atoms with Crippen molar-refractivity contribution >= 4 is 17.7 Å². The van der Waals surface area contributed by atoms with E-state index in [4.69, 9.17) is 9.47 Å². The molecule has 0 aliphatic heterocycles. The second kappa shape index (κ2) is 9.33. The maximum Gasteiger partial charge on any atom is 0.306 e. The van der Waals surface area contributed by atoms with Crippen LogP contribution in [0.1, 0.15) is 17.5 Å². The van der Waals surface area contributed by atoms with Crippen molar-refractivity contribution < 1.29 is 28.7 Å². The molecule has 142 valence electrons. The summed E-state index contributed by atoms with van der Waals surface area (Å²) in [5.41, 5.74) is 0.573. The summed E-state index contributed by atoms with van der Waals surface area (Å²) in [6.45, 7) is -0.0160. The summed E-state index contributed by atoms with van der Waals surface area (Å²) in [7, 11) is 1.45. The van der Waals surface area contributed by atoms with Crippen LogP contribution >= 0.6 is 0 Å². The highest BCUT2D eigenvalue weighted by Crippen LogP contribution is 2.26. The smallest absolute Gasteiger partial charge is 0.306 e. The second-order valence-electron chi connectivity index (χ2n) is 5.56. The quantitative estimate of drug-likeness (QED) is 0.430. The van der Waals surface area contributed by atoms with Crippen LogP contribution in [-0.2, 0) is 16.0 Å². The SMILES string of the molecule is COc1ccc(CCC(=O)OC/C=C\c2ccc(F)c([N+](=O)[O-])c2)cc1O. The van der Waals surface area contributed by atoms with Crippen LogP contribution in [0.5, 0.6) is 11.5 Å². The Hall–Kier alpha value is -3.42. The lowest BCUT2D eigenvalue weighted by atomic mass is 10.1. The van der Waals surface area contributed by atoms with Gasteiger partial charge in [-0.15, -0.1) is 0 Å². The molecule has 0 saturated heterocycles. The lowest BCUT2D eigenvalue weighted by molar-refractivity contribution is -0.387. The molecule has 8 heteroatoms. The van der Waals surface area contributed by atoms with Gasteiger partial charge in [-0.2, -0.15) is 4.39 Å². The van der Waals surface area contributed by atoms with Crippen molar-refractivity contribution in [2.45, 2.75) is 12.8 Å². The number of halogens is 1. The van der Waals surface area contributed by atoms with E-state index in [2.05, 4.69) is 0 Å². The minimum absolute atomic E-state index is 0.000285. The number of methoxy groups -OCH3 is 1. The van der Waals surface area contributed by atoms with E-state index in [9.17, 15) is 24.4 Å². The molecule has 0 radical (unpaired) electrons. The largest absolute Gasteiger partial charge is 0.504 e. The fraction of sp³-hybridized carbons (Fsp3) is 0.211. The molecule has 0 heterocycles. The summed E-state index contributed by atoms with van der Waals surface area (Å²) in [4.78, 5) is 21.6. The molecule has 2 aromatic rings.